The van der Waals surface area contributed by atoms with Crippen LogP contribution in [0.5, 0.6) is 0 Å². The van der Waals surface area contributed by atoms with Crippen molar-refractivity contribution < 1.29 is 4.79 Å². The van der Waals surface area contributed by atoms with Gasteiger partial charge in [0.05, 0.1) is 5.69 Å². The van der Waals surface area contributed by atoms with Gasteiger partial charge in [-0.2, -0.15) is 0 Å². The minimum absolute atomic E-state index is 0.0251. The Morgan fingerprint density at radius 1 is 1.26 bits per heavy atom. The molecule has 2 aliphatic rings. The first kappa shape index (κ1) is 24.0. The molecule has 1 heterocycles. The van der Waals surface area contributed by atoms with Crippen LogP contribution >= 0.6 is 11.6 Å². The van der Waals surface area contributed by atoms with Crippen molar-refractivity contribution in [3.05, 3.63) is 40.9 Å². The molecule has 1 aliphatic carbocycles. The molecule has 4 nitrogen and oxygen atoms in total. The normalized spacial score (nSPS) is 19.0. The van der Waals surface area contributed by atoms with E-state index in [-0.39, 0.29) is 5.91 Å². The second-order valence-electron chi connectivity index (χ2n) is 9.42. The van der Waals surface area contributed by atoms with Crippen LogP contribution in [0.15, 0.2) is 35.3 Å². The smallest absolute Gasteiger partial charge is 0.247 e. The molecular weight excluding hydrogens is 406 g/mol. The van der Waals surface area contributed by atoms with Crippen molar-refractivity contribution >= 4 is 28.9 Å². The lowest BCUT2D eigenvalue weighted by molar-refractivity contribution is -0.118. The van der Waals surface area contributed by atoms with Gasteiger partial charge < -0.3 is 5.32 Å². The first-order valence-corrected chi connectivity index (χ1v) is 12.3. The molecule has 1 unspecified atom stereocenters. The zero-order chi connectivity index (χ0) is 22.2. The number of carbonyl (C=O) groups is 1. The predicted octanol–water partition coefficient (Wildman–Crippen LogP) is 6.10. The monoisotopic (exact) mass is 443 g/mol. The molecule has 1 atom stereocenters. The Labute approximate surface area is 193 Å². The highest BCUT2D eigenvalue weighted by Gasteiger charge is 2.26. The van der Waals surface area contributed by atoms with Gasteiger partial charge in [-0.3, -0.25) is 14.7 Å². The number of aliphatic imine (C=N–C) groups is 1. The first-order chi connectivity index (χ1) is 14.9. The molecule has 5 heteroatoms. The third-order valence-electron chi connectivity index (χ3n) is 6.87. The Hall–Kier alpha value is -1.65. The van der Waals surface area contributed by atoms with E-state index in [1.807, 2.05) is 25.1 Å². The Morgan fingerprint density at radius 3 is 2.65 bits per heavy atom. The highest BCUT2D eigenvalue weighted by molar-refractivity contribution is 6.30. The number of amides is 1. The summed E-state index contributed by atoms with van der Waals surface area (Å²) < 4.78 is 0. The van der Waals surface area contributed by atoms with Crippen molar-refractivity contribution in [2.24, 2.45) is 16.8 Å². The van der Waals surface area contributed by atoms with E-state index in [2.05, 4.69) is 23.7 Å². The van der Waals surface area contributed by atoms with Gasteiger partial charge in [-0.25, -0.2) is 0 Å². The second kappa shape index (κ2) is 11.8. The van der Waals surface area contributed by atoms with E-state index < -0.39 is 0 Å². The number of halogens is 1. The van der Waals surface area contributed by atoms with Crippen LogP contribution in [0, 0.1) is 18.8 Å². The highest BCUT2D eigenvalue weighted by atomic mass is 35.5. The van der Waals surface area contributed by atoms with Crippen LogP contribution in [0.4, 0.5) is 5.69 Å². The number of nitrogens with one attached hydrogen (secondary N) is 1. The summed E-state index contributed by atoms with van der Waals surface area (Å²) in [6.07, 6.45) is 9.66. The summed E-state index contributed by atoms with van der Waals surface area (Å²) in [6, 6.07) is 5.84. The lowest BCUT2D eigenvalue weighted by Crippen LogP contribution is -2.36. The number of hydrogen-bond acceptors (Lipinski definition) is 3. The number of likely N-dealkylation sites (tertiary alicyclic amines) is 1. The maximum Gasteiger partial charge on any atom is 0.247 e. The molecule has 3 rings (SSSR count). The minimum atomic E-state index is 0.0251. The second-order valence-corrected chi connectivity index (χ2v) is 9.85. The van der Waals surface area contributed by atoms with Crippen LogP contribution in [-0.4, -0.2) is 42.7 Å². The van der Waals surface area contributed by atoms with Crippen LogP contribution in [0.3, 0.4) is 0 Å². The summed E-state index contributed by atoms with van der Waals surface area (Å²) >= 11 is 6.07. The molecule has 1 saturated carbocycles. The number of benzene rings is 1. The van der Waals surface area contributed by atoms with E-state index in [0.29, 0.717) is 24.0 Å². The lowest BCUT2D eigenvalue weighted by atomic mass is 9.86. The van der Waals surface area contributed by atoms with Crippen molar-refractivity contribution in [1.82, 2.24) is 10.2 Å². The Kier molecular flexibility index (Phi) is 9.15. The largest absolute Gasteiger partial charge is 0.352 e. The van der Waals surface area contributed by atoms with Gasteiger partial charge in [0.25, 0.3) is 0 Å². The molecule has 170 valence electrons. The zero-order valence-electron chi connectivity index (χ0n) is 19.3. The molecule has 1 N–H and O–H groups in total. The quantitative estimate of drug-likeness (QED) is 0.351. The lowest BCUT2D eigenvalue weighted by Gasteiger charge is -2.24. The van der Waals surface area contributed by atoms with E-state index in [1.54, 1.807) is 0 Å². The van der Waals surface area contributed by atoms with Crippen LogP contribution in [0.1, 0.15) is 63.9 Å². The highest BCUT2D eigenvalue weighted by Crippen LogP contribution is 2.34. The van der Waals surface area contributed by atoms with Gasteiger partial charge in [-0.15, -0.1) is 0 Å². The fourth-order valence-corrected chi connectivity index (χ4v) is 5.19. The molecule has 0 radical (unpaired) electrons. The molecule has 1 aromatic rings. The minimum Gasteiger partial charge on any atom is -0.352 e. The van der Waals surface area contributed by atoms with Crippen molar-refractivity contribution in [1.29, 1.82) is 0 Å². The number of rotatable bonds is 10. The van der Waals surface area contributed by atoms with E-state index >= 15 is 0 Å². The molecule has 31 heavy (non-hydrogen) atoms. The molecule has 0 spiro atoms. The fourth-order valence-electron chi connectivity index (χ4n) is 4.96. The summed E-state index contributed by atoms with van der Waals surface area (Å²) in [4.78, 5) is 19.8. The van der Waals surface area contributed by atoms with Gasteiger partial charge in [-0.1, -0.05) is 43.9 Å². The molecule has 1 aromatic carbocycles. The summed E-state index contributed by atoms with van der Waals surface area (Å²) in [5.41, 5.74) is 3.93. The van der Waals surface area contributed by atoms with Crippen molar-refractivity contribution in [2.45, 2.75) is 65.2 Å². The molecule has 1 saturated heterocycles. The molecular formula is C26H38ClN3O. The predicted molar refractivity (Wildman–Crippen MR) is 131 cm³/mol. The molecule has 0 bridgehead atoms. The first-order valence-electron chi connectivity index (χ1n) is 11.9. The molecule has 1 aliphatic heterocycles. The van der Waals surface area contributed by atoms with E-state index in [9.17, 15) is 4.79 Å². The summed E-state index contributed by atoms with van der Waals surface area (Å²) in [7, 11) is 0. The summed E-state index contributed by atoms with van der Waals surface area (Å²) in [6.45, 7) is 11.8. The van der Waals surface area contributed by atoms with Gasteiger partial charge in [0.1, 0.15) is 0 Å². The van der Waals surface area contributed by atoms with Crippen molar-refractivity contribution in [2.75, 3.05) is 26.2 Å². The van der Waals surface area contributed by atoms with E-state index in [4.69, 9.17) is 16.6 Å². The standard InChI is InChI=1S/C26H38ClN3O/c1-19-16-24(27)12-13-25(19)29-21(3)10-11-23(22-8-4-5-9-22)17-28-26(31)20(2)18-30-14-6-7-15-30/h12-13,16,22-23H,2,4-11,14-15,17-18H2,1,3H3,(H,28,31). The van der Waals surface area contributed by atoms with Crippen LogP contribution in [-0.2, 0) is 4.79 Å². The molecule has 2 fully saturated rings. The van der Waals surface area contributed by atoms with Crippen molar-refractivity contribution in [3.8, 4) is 0 Å². The maximum absolute atomic E-state index is 12.6. The molecule has 0 aromatic heterocycles. The van der Waals surface area contributed by atoms with Gasteiger partial charge in [0, 0.05) is 29.4 Å². The van der Waals surface area contributed by atoms with Gasteiger partial charge in [0.2, 0.25) is 5.91 Å². The summed E-state index contributed by atoms with van der Waals surface area (Å²) in [5.74, 6) is 1.23. The Morgan fingerprint density at radius 2 is 1.97 bits per heavy atom. The van der Waals surface area contributed by atoms with Crippen LogP contribution < -0.4 is 5.32 Å². The number of hydrogen-bond donors (Lipinski definition) is 1. The number of carbonyl (C=O) groups excluding carboxylic acids is 1. The molecule has 1 amide bonds. The summed E-state index contributed by atoms with van der Waals surface area (Å²) in [5, 5.41) is 3.95. The van der Waals surface area contributed by atoms with Crippen molar-refractivity contribution in [3.63, 3.8) is 0 Å². The van der Waals surface area contributed by atoms with Gasteiger partial charge in [0.15, 0.2) is 0 Å². The topological polar surface area (TPSA) is 44.7 Å². The third kappa shape index (κ3) is 7.47. The Balaban J connectivity index is 1.53. The van der Waals surface area contributed by atoms with Crippen LogP contribution in [0.25, 0.3) is 0 Å². The number of aryl methyl sites for hydroxylation is 1. The zero-order valence-corrected chi connectivity index (χ0v) is 20.0. The average molecular weight is 444 g/mol. The number of nitrogens with zero attached hydrogens (tertiary/aromatic N) is 2. The third-order valence-corrected chi connectivity index (χ3v) is 7.11. The van der Waals surface area contributed by atoms with Gasteiger partial charge in [-0.05, 0) is 88.2 Å². The van der Waals surface area contributed by atoms with Crippen LogP contribution in [0.2, 0.25) is 5.02 Å². The fraction of sp³-hybridized carbons (Fsp3) is 0.615. The Bertz CT molecular complexity index is 792. The van der Waals surface area contributed by atoms with E-state index in [0.717, 1.165) is 54.5 Å². The van der Waals surface area contributed by atoms with Gasteiger partial charge >= 0.3 is 0 Å². The maximum atomic E-state index is 12.6. The van der Waals surface area contributed by atoms with E-state index in [1.165, 1.54) is 38.5 Å². The SMILES string of the molecule is C=C(CN1CCCC1)C(=O)NCC(CCC(C)=Nc1ccc(Cl)cc1C)C1CCCC1. The average Bonchev–Trinajstić information content (AvgIpc) is 3.44.